The zero-order chi connectivity index (χ0) is 27.2. The van der Waals surface area contributed by atoms with E-state index in [4.69, 9.17) is 0 Å². The van der Waals surface area contributed by atoms with Gasteiger partial charge >= 0.3 is 0 Å². The van der Waals surface area contributed by atoms with Gasteiger partial charge in [-0.25, -0.2) is 0 Å². The van der Waals surface area contributed by atoms with Crippen molar-refractivity contribution in [1.82, 2.24) is 9.88 Å². The Morgan fingerprint density at radius 2 is 1.67 bits per heavy atom. The second kappa shape index (κ2) is 11.9. The molecule has 0 N–H and O–H groups in total. The number of aromatic nitrogens is 1. The first-order valence-electron chi connectivity index (χ1n) is 12.7. The van der Waals surface area contributed by atoms with Crippen LogP contribution >= 0.6 is 11.8 Å². The van der Waals surface area contributed by atoms with Crippen LogP contribution in [-0.2, 0) is 13.0 Å². The third kappa shape index (κ3) is 6.51. The zero-order valence-electron chi connectivity index (χ0n) is 21.5. The number of nitrogens with zero attached hydrogens (tertiary/aromatic N) is 3. The van der Waals surface area contributed by atoms with Crippen molar-refractivity contribution in [2.75, 3.05) is 6.54 Å². The minimum absolute atomic E-state index is 0.00101. The summed E-state index contributed by atoms with van der Waals surface area (Å²) in [6.07, 6.45) is 2.30. The van der Waals surface area contributed by atoms with Crippen molar-refractivity contribution in [2.45, 2.75) is 29.7 Å². The fraction of sp³-hybridized carbons (Fsp3) is 0.125. The quantitative estimate of drug-likeness (QED) is 0.145. The summed E-state index contributed by atoms with van der Waals surface area (Å²) in [4.78, 5) is 33.2. The van der Waals surface area contributed by atoms with Crippen molar-refractivity contribution in [3.8, 4) is 0 Å². The van der Waals surface area contributed by atoms with Crippen LogP contribution in [0.4, 0.5) is 5.69 Å². The Morgan fingerprint density at radius 1 is 0.897 bits per heavy atom. The number of nitro benzene ring substituents is 1. The molecule has 7 heteroatoms. The number of carbonyl (C=O) groups is 1. The second-order valence-corrected chi connectivity index (χ2v) is 10.4. The second-order valence-electron chi connectivity index (χ2n) is 9.32. The Hall–Kier alpha value is -4.49. The van der Waals surface area contributed by atoms with Crippen molar-refractivity contribution >= 4 is 34.1 Å². The van der Waals surface area contributed by atoms with Crippen LogP contribution in [-0.4, -0.2) is 27.3 Å². The molecule has 0 atom stereocenters. The van der Waals surface area contributed by atoms with Crippen LogP contribution in [0.15, 0.2) is 119 Å². The first kappa shape index (κ1) is 26.1. The molecule has 1 heterocycles. The fourth-order valence-corrected chi connectivity index (χ4v) is 5.31. The van der Waals surface area contributed by atoms with Gasteiger partial charge in [-0.2, -0.15) is 0 Å². The molecule has 0 saturated carbocycles. The molecule has 5 aromatic rings. The third-order valence-corrected chi connectivity index (χ3v) is 7.64. The van der Waals surface area contributed by atoms with Gasteiger partial charge in [0.2, 0.25) is 0 Å². The topological polar surface area (TPSA) is 76.3 Å². The molecule has 0 saturated heterocycles. The number of carbonyl (C=O) groups excluding carboxylic acids is 1. The van der Waals surface area contributed by atoms with Crippen molar-refractivity contribution in [1.29, 1.82) is 0 Å². The van der Waals surface area contributed by atoms with Crippen LogP contribution < -0.4 is 0 Å². The maximum absolute atomic E-state index is 13.9. The molecule has 0 fully saturated rings. The van der Waals surface area contributed by atoms with Crippen molar-refractivity contribution < 1.29 is 9.72 Å². The lowest BCUT2D eigenvalue weighted by molar-refractivity contribution is -0.385. The molecule has 0 aliphatic carbocycles. The van der Waals surface area contributed by atoms with E-state index in [0.717, 1.165) is 37.4 Å². The van der Waals surface area contributed by atoms with Crippen LogP contribution in [0, 0.1) is 17.0 Å². The molecule has 39 heavy (non-hydrogen) atoms. The van der Waals surface area contributed by atoms with Gasteiger partial charge in [-0.1, -0.05) is 65.9 Å². The van der Waals surface area contributed by atoms with Crippen molar-refractivity contribution in [3.05, 3.63) is 142 Å². The minimum Gasteiger partial charge on any atom is -0.334 e. The van der Waals surface area contributed by atoms with Crippen LogP contribution in [0.5, 0.6) is 0 Å². The van der Waals surface area contributed by atoms with Crippen LogP contribution in [0.3, 0.4) is 0 Å². The highest BCUT2D eigenvalue weighted by atomic mass is 32.2. The van der Waals surface area contributed by atoms with Gasteiger partial charge in [0.25, 0.3) is 11.6 Å². The maximum Gasteiger partial charge on any atom is 0.269 e. The van der Waals surface area contributed by atoms with Gasteiger partial charge in [0.15, 0.2) is 0 Å². The molecular formula is C32H27N3O3S. The predicted octanol–water partition coefficient (Wildman–Crippen LogP) is 7.49. The first-order valence-corrected chi connectivity index (χ1v) is 13.5. The van der Waals surface area contributed by atoms with Gasteiger partial charge in [0.05, 0.1) is 4.92 Å². The minimum atomic E-state index is -0.396. The van der Waals surface area contributed by atoms with Gasteiger partial charge in [0, 0.05) is 58.9 Å². The summed E-state index contributed by atoms with van der Waals surface area (Å²) >= 11 is 1.54. The average molecular weight is 534 g/mol. The monoisotopic (exact) mass is 533 g/mol. The number of non-ortho nitro benzene ring substituents is 1. The molecular weight excluding hydrogens is 506 g/mol. The van der Waals surface area contributed by atoms with Gasteiger partial charge in [-0.15, -0.1) is 0 Å². The molecule has 0 aliphatic heterocycles. The lowest BCUT2D eigenvalue weighted by Gasteiger charge is -2.24. The highest BCUT2D eigenvalue weighted by Gasteiger charge is 2.21. The summed E-state index contributed by atoms with van der Waals surface area (Å²) in [5, 5.41) is 13.7. The summed E-state index contributed by atoms with van der Waals surface area (Å²) in [6.45, 7) is 2.68. The summed E-state index contributed by atoms with van der Waals surface area (Å²) in [5.41, 5.74) is 3.34. The maximum atomic E-state index is 13.9. The largest absolute Gasteiger partial charge is 0.334 e. The van der Waals surface area contributed by atoms with E-state index in [1.807, 2.05) is 91.9 Å². The molecule has 4 aromatic carbocycles. The molecule has 0 bridgehead atoms. The number of amides is 1. The van der Waals surface area contributed by atoms with Crippen molar-refractivity contribution in [3.63, 3.8) is 0 Å². The van der Waals surface area contributed by atoms with Crippen LogP contribution in [0.2, 0.25) is 0 Å². The summed E-state index contributed by atoms with van der Waals surface area (Å²) in [7, 11) is 0. The number of aryl methyl sites for hydroxylation is 1. The normalized spacial score (nSPS) is 10.9. The van der Waals surface area contributed by atoms with E-state index in [2.05, 4.69) is 4.98 Å². The number of pyridine rings is 1. The highest BCUT2D eigenvalue weighted by molar-refractivity contribution is 7.99. The van der Waals surface area contributed by atoms with Crippen molar-refractivity contribution in [2.24, 2.45) is 0 Å². The van der Waals surface area contributed by atoms with Gasteiger partial charge in [0.1, 0.15) is 0 Å². The Balaban J connectivity index is 1.50. The number of nitro groups is 1. The molecule has 1 amide bonds. The number of rotatable bonds is 9. The highest BCUT2D eigenvalue weighted by Crippen LogP contribution is 2.34. The Labute approximate surface area is 231 Å². The van der Waals surface area contributed by atoms with Gasteiger partial charge in [-0.05, 0) is 65.7 Å². The van der Waals surface area contributed by atoms with E-state index in [-0.39, 0.29) is 18.1 Å². The molecule has 194 valence electrons. The lowest BCUT2D eigenvalue weighted by atomic mass is 10.1. The smallest absolute Gasteiger partial charge is 0.269 e. The molecule has 1 aromatic heterocycles. The van der Waals surface area contributed by atoms with E-state index in [0.29, 0.717) is 18.5 Å². The number of benzene rings is 4. The van der Waals surface area contributed by atoms with Gasteiger partial charge in [-0.3, -0.25) is 19.9 Å². The SMILES string of the molecule is Cc1ccc(Sc2ccc([N+](=O)[O-])cc2CN(CCc2ccccn2)C(=O)c2ccc3ccccc3c2)cc1. The van der Waals surface area contributed by atoms with E-state index in [1.54, 1.807) is 23.2 Å². The molecule has 6 nitrogen and oxygen atoms in total. The molecule has 5 rings (SSSR count). The average Bonchev–Trinajstić information content (AvgIpc) is 2.97. The fourth-order valence-electron chi connectivity index (χ4n) is 4.39. The van der Waals surface area contributed by atoms with Crippen LogP contribution in [0.1, 0.15) is 27.2 Å². The summed E-state index contributed by atoms with van der Waals surface area (Å²) in [6, 6.07) is 32.3. The van der Waals surface area contributed by atoms with E-state index >= 15 is 0 Å². The molecule has 0 aliphatic rings. The molecule has 0 radical (unpaired) electrons. The Kier molecular flexibility index (Phi) is 7.99. The lowest BCUT2D eigenvalue weighted by Crippen LogP contribution is -2.33. The van der Waals surface area contributed by atoms with E-state index < -0.39 is 4.92 Å². The summed E-state index contributed by atoms with van der Waals surface area (Å²) in [5.74, 6) is -0.130. The van der Waals surface area contributed by atoms with Gasteiger partial charge < -0.3 is 4.90 Å². The Bertz CT molecular complexity index is 1620. The molecule has 0 unspecified atom stereocenters. The predicted molar refractivity (Wildman–Crippen MR) is 155 cm³/mol. The number of hydrogen-bond donors (Lipinski definition) is 0. The third-order valence-electron chi connectivity index (χ3n) is 6.51. The van der Waals surface area contributed by atoms with E-state index in [1.165, 1.54) is 17.8 Å². The van der Waals surface area contributed by atoms with Crippen LogP contribution in [0.25, 0.3) is 10.8 Å². The Morgan fingerprint density at radius 3 is 2.41 bits per heavy atom. The molecule has 0 spiro atoms. The number of hydrogen-bond acceptors (Lipinski definition) is 5. The van der Waals surface area contributed by atoms with E-state index in [9.17, 15) is 14.9 Å². The standard InChI is InChI=1S/C32H27N3O3S/c1-23-9-14-30(15-10-23)39-31-16-13-29(35(37)38)21-27(31)22-34(19-17-28-8-4-5-18-33-28)32(36)26-12-11-24-6-2-3-7-25(24)20-26/h2-16,18,20-21H,17,19,22H2,1H3. The zero-order valence-corrected chi connectivity index (χ0v) is 22.3. The first-order chi connectivity index (χ1) is 19.0. The summed E-state index contributed by atoms with van der Waals surface area (Å²) < 4.78 is 0. The number of fused-ring (bicyclic) bond motifs is 1.